The van der Waals surface area contributed by atoms with E-state index in [-0.39, 0.29) is 11.7 Å². The van der Waals surface area contributed by atoms with E-state index in [4.69, 9.17) is 14.0 Å². The predicted molar refractivity (Wildman–Crippen MR) is 80.7 cm³/mol. The third kappa shape index (κ3) is 2.74. The van der Waals surface area contributed by atoms with Crippen LogP contribution in [0.25, 0.3) is 11.5 Å². The lowest BCUT2D eigenvalue weighted by atomic mass is 10.2. The van der Waals surface area contributed by atoms with Crippen molar-refractivity contribution >= 4 is 11.6 Å². The first-order valence-corrected chi connectivity index (χ1v) is 7.11. The molecule has 1 amide bonds. The number of ether oxygens (including phenoxy) is 2. The Morgan fingerprint density at radius 3 is 2.83 bits per heavy atom. The van der Waals surface area contributed by atoms with Gasteiger partial charge in [0.05, 0.1) is 6.20 Å². The number of aromatic nitrogens is 4. The number of carbonyl (C=O) groups excluding carboxylic acids is 1. The number of rotatable bonds is 3. The summed E-state index contributed by atoms with van der Waals surface area (Å²) in [5.74, 6) is 0.696. The minimum absolute atomic E-state index is 0.175. The Morgan fingerprint density at radius 1 is 1.12 bits per heavy atom. The summed E-state index contributed by atoms with van der Waals surface area (Å²) in [7, 11) is 0. The van der Waals surface area contributed by atoms with Crippen LogP contribution in [0.2, 0.25) is 0 Å². The van der Waals surface area contributed by atoms with Gasteiger partial charge in [-0.3, -0.25) is 9.78 Å². The summed E-state index contributed by atoms with van der Waals surface area (Å²) in [6.45, 7) is 0.974. The molecule has 3 aromatic rings. The third-order valence-electron chi connectivity index (χ3n) is 3.21. The van der Waals surface area contributed by atoms with Crippen molar-refractivity contribution in [1.82, 2.24) is 20.1 Å². The molecule has 0 saturated heterocycles. The maximum atomic E-state index is 12.2. The molecule has 0 spiro atoms. The summed E-state index contributed by atoms with van der Waals surface area (Å²) in [6, 6.07) is 5.10. The van der Waals surface area contributed by atoms with Gasteiger partial charge in [-0.25, -0.2) is 4.98 Å². The lowest BCUT2D eigenvalue weighted by Gasteiger charge is -2.18. The van der Waals surface area contributed by atoms with Gasteiger partial charge in [-0.15, -0.1) is 0 Å². The second kappa shape index (κ2) is 5.95. The molecule has 3 heterocycles. The number of nitrogens with one attached hydrogen (secondary N) is 1. The number of hydrogen-bond donors (Lipinski definition) is 1. The molecule has 4 rings (SSSR count). The Labute approximate surface area is 135 Å². The predicted octanol–water partition coefficient (Wildman–Crippen LogP) is 1.55. The highest BCUT2D eigenvalue weighted by atomic mass is 16.6. The van der Waals surface area contributed by atoms with E-state index in [1.165, 1.54) is 18.6 Å². The van der Waals surface area contributed by atoms with E-state index in [1.807, 2.05) is 0 Å². The van der Waals surface area contributed by atoms with Gasteiger partial charge in [-0.1, -0.05) is 5.16 Å². The van der Waals surface area contributed by atoms with Crippen LogP contribution in [0.15, 0.2) is 41.3 Å². The summed E-state index contributed by atoms with van der Waals surface area (Å²) >= 11 is 0. The van der Waals surface area contributed by atoms with Gasteiger partial charge >= 0.3 is 11.8 Å². The number of carbonyl (C=O) groups is 1. The van der Waals surface area contributed by atoms with E-state index in [2.05, 4.69) is 25.4 Å². The van der Waals surface area contributed by atoms with Crippen LogP contribution in [-0.2, 0) is 0 Å². The number of benzene rings is 1. The van der Waals surface area contributed by atoms with Crippen LogP contribution in [0.5, 0.6) is 11.5 Å². The average Bonchev–Trinajstić information content (AvgIpc) is 3.13. The average molecular weight is 325 g/mol. The molecular weight excluding hydrogens is 314 g/mol. The molecule has 24 heavy (non-hydrogen) atoms. The number of nitrogens with zero attached hydrogens (tertiary/aromatic N) is 4. The number of amides is 1. The maximum absolute atomic E-state index is 12.2. The van der Waals surface area contributed by atoms with Crippen molar-refractivity contribution in [2.75, 3.05) is 18.5 Å². The highest BCUT2D eigenvalue weighted by Crippen LogP contribution is 2.32. The van der Waals surface area contributed by atoms with Crippen molar-refractivity contribution in [2.45, 2.75) is 0 Å². The Balaban J connectivity index is 1.51. The van der Waals surface area contributed by atoms with E-state index in [9.17, 15) is 4.79 Å². The van der Waals surface area contributed by atoms with E-state index in [1.54, 1.807) is 18.2 Å². The van der Waals surface area contributed by atoms with E-state index >= 15 is 0 Å². The smallest absolute Gasteiger partial charge is 0.316 e. The number of fused-ring (bicyclic) bond motifs is 1. The molecule has 0 unspecified atom stereocenters. The Kier molecular flexibility index (Phi) is 3.50. The molecule has 0 saturated carbocycles. The zero-order chi connectivity index (χ0) is 16.4. The van der Waals surface area contributed by atoms with Crippen LogP contribution in [0, 0.1) is 0 Å². The Morgan fingerprint density at radius 2 is 2.00 bits per heavy atom. The molecular formula is C15H11N5O4. The van der Waals surface area contributed by atoms with Crippen molar-refractivity contribution < 1.29 is 18.8 Å². The monoisotopic (exact) mass is 325 g/mol. The summed E-state index contributed by atoms with van der Waals surface area (Å²) in [4.78, 5) is 24.2. The molecule has 120 valence electrons. The van der Waals surface area contributed by atoms with Crippen LogP contribution < -0.4 is 14.8 Å². The minimum Gasteiger partial charge on any atom is -0.486 e. The van der Waals surface area contributed by atoms with Gasteiger partial charge in [-0.2, -0.15) is 4.98 Å². The molecule has 0 aliphatic carbocycles. The van der Waals surface area contributed by atoms with Crippen LogP contribution >= 0.6 is 0 Å². The first-order chi connectivity index (χ1) is 11.8. The number of hydrogen-bond acceptors (Lipinski definition) is 8. The van der Waals surface area contributed by atoms with E-state index < -0.39 is 5.91 Å². The SMILES string of the molecule is O=C(Nc1ccc2c(c1)OCCO2)c1nc(-c2cnccn2)no1. The van der Waals surface area contributed by atoms with Crippen molar-refractivity contribution in [3.63, 3.8) is 0 Å². The summed E-state index contributed by atoms with van der Waals surface area (Å²) < 4.78 is 15.9. The first-order valence-electron chi connectivity index (χ1n) is 7.11. The van der Waals surface area contributed by atoms with Crippen molar-refractivity contribution in [1.29, 1.82) is 0 Å². The summed E-state index contributed by atoms with van der Waals surface area (Å²) in [6.07, 6.45) is 4.51. The van der Waals surface area contributed by atoms with Gasteiger partial charge in [0, 0.05) is 24.1 Å². The number of anilines is 1. The van der Waals surface area contributed by atoms with Crippen molar-refractivity contribution in [2.24, 2.45) is 0 Å². The molecule has 1 aliphatic heterocycles. The molecule has 0 fully saturated rings. The van der Waals surface area contributed by atoms with Gasteiger partial charge in [0.25, 0.3) is 0 Å². The molecule has 1 aliphatic rings. The normalized spacial score (nSPS) is 12.7. The molecule has 1 N–H and O–H groups in total. The standard InChI is InChI=1S/C15H11N5O4/c21-14(15-19-13(20-24-15)10-8-16-3-4-17-10)18-9-1-2-11-12(7-9)23-6-5-22-11/h1-4,7-8H,5-6H2,(H,18,21). The zero-order valence-corrected chi connectivity index (χ0v) is 12.3. The fraction of sp³-hybridized carbons (Fsp3) is 0.133. The van der Waals surface area contributed by atoms with Crippen LogP contribution in [-0.4, -0.2) is 39.2 Å². The topological polar surface area (TPSA) is 112 Å². The molecule has 0 bridgehead atoms. The lowest BCUT2D eigenvalue weighted by Crippen LogP contribution is -2.16. The quantitative estimate of drug-likeness (QED) is 0.772. The van der Waals surface area contributed by atoms with E-state index in [0.717, 1.165) is 0 Å². The summed E-state index contributed by atoms with van der Waals surface area (Å²) in [5, 5.41) is 6.39. The summed E-state index contributed by atoms with van der Waals surface area (Å²) in [5.41, 5.74) is 0.947. The zero-order valence-electron chi connectivity index (χ0n) is 12.3. The lowest BCUT2D eigenvalue weighted by molar-refractivity contribution is 0.0981. The van der Waals surface area contributed by atoms with Crippen molar-refractivity contribution in [3.05, 3.63) is 42.7 Å². The molecule has 9 nitrogen and oxygen atoms in total. The highest BCUT2D eigenvalue weighted by Gasteiger charge is 2.18. The fourth-order valence-corrected chi connectivity index (χ4v) is 2.14. The van der Waals surface area contributed by atoms with Gasteiger partial charge in [0.1, 0.15) is 18.9 Å². The van der Waals surface area contributed by atoms with E-state index in [0.29, 0.717) is 36.1 Å². The fourth-order valence-electron chi connectivity index (χ4n) is 2.14. The Hall–Kier alpha value is -3.49. The van der Waals surface area contributed by atoms with Gasteiger partial charge < -0.3 is 19.3 Å². The highest BCUT2D eigenvalue weighted by molar-refractivity contribution is 6.01. The second-order valence-corrected chi connectivity index (χ2v) is 4.83. The van der Waals surface area contributed by atoms with Crippen LogP contribution in [0.3, 0.4) is 0 Å². The van der Waals surface area contributed by atoms with Gasteiger partial charge in [0.2, 0.25) is 5.82 Å². The molecule has 0 atom stereocenters. The molecule has 2 aromatic heterocycles. The largest absolute Gasteiger partial charge is 0.486 e. The van der Waals surface area contributed by atoms with Crippen molar-refractivity contribution in [3.8, 4) is 23.0 Å². The van der Waals surface area contributed by atoms with Gasteiger partial charge in [-0.05, 0) is 12.1 Å². The minimum atomic E-state index is -0.533. The third-order valence-corrected chi connectivity index (χ3v) is 3.21. The molecule has 9 heteroatoms. The van der Waals surface area contributed by atoms with Crippen LogP contribution in [0.1, 0.15) is 10.7 Å². The maximum Gasteiger partial charge on any atom is 0.316 e. The first kappa shape index (κ1) is 14.1. The Bertz CT molecular complexity index is 881. The van der Waals surface area contributed by atoms with Gasteiger partial charge in [0.15, 0.2) is 11.5 Å². The second-order valence-electron chi connectivity index (χ2n) is 4.83. The molecule has 0 radical (unpaired) electrons. The van der Waals surface area contributed by atoms with Crippen LogP contribution in [0.4, 0.5) is 5.69 Å². The molecule has 1 aromatic carbocycles.